The average molecular weight is 900 g/mol. The third-order valence-electron chi connectivity index (χ3n) is 14.8. The van der Waals surface area contributed by atoms with Gasteiger partial charge in [-0.15, -0.1) is 22.4 Å². The van der Waals surface area contributed by atoms with Gasteiger partial charge < -0.3 is 35.2 Å². The quantitative estimate of drug-likeness (QED) is 0.0454. The number of rotatable bonds is 20. The number of methoxy groups -OCH3 is 1. The fourth-order valence-corrected chi connectivity index (χ4v) is 10.7. The average Bonchev–Trinajstić information content (AvgIpc) is 4.00. The number of aliphatic hydroxyl groups is 1. The van der Waals surface area contributed by atoms with Gasteiger partial charge in [0.15, 0.2) is 5.78 Å². The van der Waals surface area contributed by atoms with Gasteiger partial charge in [-0.2, -0.15) is 17.1 Å². The van der Waals surface area contributed by atoms with Crippen molar-refractivity contribution in [1.29, 1.82) is 0 Å². The van der Waals surface area contributed by atoms with Gasteiger partial charge in [0.2, 0.25) is 0 Å². The summed E-state index contributed by atoms with van der Waals surface area (Å²) in [5.74, 6) is -0.885. The molecule has 2 unspecified atom stereocenters. The molecule has 0 aromatic carbocycles. The Kier molecular flexibility index (Phi) is 18.5. The van der Waals surface area contributed by atoms with Crippen LogP contribution in [0.3, 0.4) is 0 Å². The number of fused-ring (bicyclic) bond motifs is 8. The van der Waals surface area contributed by atoms with Gasteiger partial charge in [0.1, 0.15) is 18.3 Å². The summed E-state index contributed by atoms with van der Waals surface area (Å²) in [7, 11) is 1.32. The standard InChI is InChI=1S/C54H75N4O6.Mg/c1-12-14-15-18-30(3)19-16-20-31(4)21-17-22-32(5)25-26-64-46(60)24-23-39-34(7)41-27-42-35(8)47(37(10)59)45(56-42)29-40-33(6)38(13-2)44(55-40)28-43-36(9)48-52(58-43)49(51(39)57-41)50(53(48)61)54(62)63-11;/h25,27-31,33-34,38-39,50-51H,12-24,26H2,1-11H3,(H2-,55,56,59,61);/q-3;+2/p-1/b32-25+,41-27-,44-28-;/t30-,31-,33-,34+,38?,39+,50-,51?;/m1./s1. The number of unbranched alkanes of at least 4 members (excludes halogenated alkanes) is 2. The molecule has 1 N–H and O–H groups in total. The molecule has 1 aliphatic carbocycles. The van der Waals surface area contributed by atoms with Gasteiger partial charge in [0.05, 0.1) is 7.11 Å². The second-order valence-corrected chi connectivity index (χ2v) is 19.5. The molecular weight excluding hydrogens is 825 g/mol. The Hall–Kier alpha value is -3.96. The van der Waals surface area contributed by atoms with E-state index in [1.165, 1.54) is 64.0 Å². The summed E-state index contributed by atoms with van der Waals surface area (Å²) in [6, 6.07) is -0.615. The number of hydrogen-bond acceptors (Lipinski definition) is 6. The molecule has 65 heavy (non-hydrogen) atoms. The third-order valence-corrected chi connectivity index (χ3v) is 14.8. The minimum absolute atomic E-state index is 0. The number of carbonyl (C=O) groups is 3. The first-order chi connectivity index (χ1) is 30.6. The van der Waals surface area contributed by atoms with Crippen molar-refractivity contribution in [1.82, 2.24) is 9.97 Å². The zero-order chi connectivity index (χ0) is 46.4. The van der Waals surface area contributed by atoms with Crippen LogP contribution in [0.1, 0.15) is 177 Å². The summed E-state index contributed by atoms with van der Waals surface area (Å²) >= 11 is 0. The van der Waals surface area contributed by atoms with Crippen LogP contribution in [0, 0.1) is 55.3 Å². The van der Waals surface area contributed by atoms with E-state index in [9.17, 15) is 19.5 Å². The molecule has 11 heteroatoms. The molecule has 0 spiro atoms. The largest absolute Gasteiger partial charge is 2.00 e. The van der Waals surface area contributed by atoms with Crippen molar-refractivity contribution in [2.45, 2.75) is 159 Å². The zero-order valence-electron chi connectivity index (χ0n) is 41.3. The molecule has 350 valence electrons. The Balaban J connectivity index is 0.00000793. The number of aromatic nitrogens is 2. The number of esters is 2. The fraction of sp³-hybridized carbons (Fsp3) is 0.611. The minimum atomic E-state index is -1.10. The van der Waals surface area contributed by atoms with Crippen LogP contribution in [0.4, 0.5) is 0 Å². The van der Waals surface area contributed by atoms with Crippen molar-refractivity contribution < 1.29 is 29.0 Å². The van der Waals surface area contributed by atoms with Gasteiger partial charge in [0.25, 0.3) is 0 Å². The molecule has 6 rings (SSSR count). The van der Waals surface area contributed by atoms with E-state index in [1.54, 1.807) is 6.92 Å². The molecule has 2 fully saturated rings. The van der Waals surface area contributed by atoms with Gasteiger partial charge in [-0.1, -0.05) is 146 Å². The second kappa shape index (κ2) is 23.2. The van der Waals surface area contributed by atoms with E-state index in [2.05, 4.69) is 48.5 Å². The fourth-order valence-electron chi connectivity index (χ4n) is 10.7. The number of aliphatic hydroxyl groups excluding tert-OH is 1. The number of ketones is 1. The maximum absolute atomic E-state index is 13.6. The van der Waals surface area contributed by atoms with Crippen LogP contribution < -0.4 is 20.5 Å². The number of carbonyl (C=O) groups excluding carboxylic acids is 3. The summed E-state index contributed by atoms with van der Waals surface area (Å²) in [5.41, 5.74) is 8.21. The number of Topliss-reactive ketones (excluding diaryl/α,β-unsaturated/α-hetero) is 1. The number of allylic oxidation sites excluding steroid dienone is 4. The number of nitrogens with zero attached hydrogens (tertiary/aromatic N) is 4. The Morgan fingerprint density at radius 1 is 0.815 bits per heavy atom. The summed E-state index contributed by atoms with van der Waals surface area (Å²) in [5, 5.41) is 23.4. The van der Waals surface area contributed by atoms with E-state index in [-0.39, 0.29) is 77.3 Å². The minimum Gasteiger partial charge on any atom is -0.681 e. The van der Waals surface area contributed by atoms with Crippen molar-refractivity contribution in [3.05, 3.63) is 83.7 Å². The smallest absolute Gasteiger partial charge is 0.681 e. The van der Waals surface area contributed by atoms with Crippen molar-refractivity contribution in [3.8, 4) is 0 Å². The molecule has 2 saturated heterocycles. The molecule has 0 saturated carbocycles. The summed E-state index contributed by atoms with van der Waals surface area (Å²) in [6.45, 7) is 21.1. The third kappa shape index (κ3) is 11.6. The van der Waals surface area contributed by atoms with E-state index < -0.39 is 17.9 Å². The van der Waals surface area contributed by atoms with Gasteiger partial charge in [-0.25, -0.2) is 0 Å². The molecule has 8 bridgehead atoms. The zero-order valence-corrected chi connectivity index (χ0v) is 42.7. The van der Waals surface area contributed by atoms with Crippen LogP contribution in [-0.4, -0.2) is 65.6 Å². The van der Waals surface area contributed by atoms with Gasteiger partial charge in [-0.05, 0) is 88.5 Å². The van der Waals surface area contributed by atoms with E-state index in [4.69, 9.17) is 30.1 Å². The molecule has 10 nitrogen and oxygen atoms in total. The van der Waals surface area contributed by atoms with E-state index in [0.717, 1.165) is 53.4 Å². The number of hydrogen-bond donors (Lipinski definition) is 1. The van der Waals surface area contributed by atoms with Crippen molar-refractivity contribution in [3.63, 3.8) is 0 Å². The van der Waals surface area contributed by atoms with Crippen molar-refractivity contribution in [2.75, 3.05) is 13.7 Å². The van der Waals surface area contributed by atoms with Gasteiger partial charge in [0, 0.05) is 17.2 Å². The molecule has 3 aliphatic heterocycles. The molecule has 4 aliphatic rings. The van der Waals surface area contributed by atoms with Crippen molar-refractivity contribution in [2.24, 2.45) is 41.4 Å². The maximum atomic E-state index is 13.6. The molecule has 8 atom stereocenters. The summed E-state index contributed by atoms with van der Waals surface area (Å²) < 4.78 is 11.1. The Bertz CT molecular complexity index is 2310. The van der Waals surface area contributed by atoms with Gasteiger partial charge >= 0.3 is 35.0 Å². The van der Waals surface area contributed by atoms with E-state index in [0.29, 0.717) is 51.1 Å². The van der Waals surface area contributed by atoms with Crippen LogP contribution in [0.15, 0.2) is 28.7 Å². The predicted octanol–water partition coefficient (Wildman–Crippen LogP) is 10.9. The molecule has 2 aromatic heterocycles. The van der Waals surface area contributed by atoms with Crippen LogP contribution in [-0.2, 0) is 19.1 Å². The van der Waals surface area contributed by atoms with Crippen LogP contribution in [0.5, 0.6) is 0 Å². The summed E-state index contributed by atoms with van der Waals surface area (Å²) in [4.78, 5) is 50.4. The first kappa shape index (κ1) is 52.0. The van der Waals surface area contributed by atoms with Crippen molar-refractivity contribution >= 4 is 70.3 Å². The Labute approximate surface area is 404 Å². The Morgan fingerprint density at radius 2 is 1.46 bits per heavy atom. The second-order valence-electron chi connectivity index (χ2n) is 19.5. The Morgan fingerprint density at radius 3 is 2.12 bits per heavy atom. The van der Waals surface area contributed by atoms with Gasteiger partial charge in [-0.3, -0.25) is 14.4 Å². The first-order valence-electron chi connectivity index (χ1n) is 24.3. The van der Waals surface area contributed by atoms with Crippen LogP contribution in [0.25, 0.3) is 40.2 Å². The molecule has 2 aromatic rings. The molecule has 0 radical (unpaired) electrons. The van der Waals surface area contributed by atoms with E-state index in [1.807, 2.05) is 38.2 Å². The molecular formula is C54H74MgN4O6-2. The van der Waals surface area contributed by atoms with Crippen LogP contribution in [0.2, 0.25) is 0 Å². The molecule has 5 heterocycles. The monoisotopic (exact) mass is 899 g/mol. The normalized spacial score (nSPS) is 25.6. The SMILES string of the molecule is CCCCC[C@@H](C)CCC[C@@H](C)CCC/C(C)=C/COC(=O)CC[C@@H]1C2[N-]/C(=C\c3[n-]c(c(C(C)=O)c3C)/C=C3\[N-]/C(=C\c4[n-]c5c(c4C)=C(O)[C@H](C(=O)OC)C=52)C(CC)[C@H]3C)[C@H]1C.[Mg+2]. The first-order valence-corrected chi connectivity index (χ1v) is 24.3. The topological polar surface area (TPSA) is 146 Å². The maximum Gasteiger partial charge on any atom is 2.00 e. The van der Waals surface area contributed by atoms with E-state index >= 15 is 0 Å². The predicted molar refractivity (Wildman–Crippen MR) is 263 cm³/mol. The number of ether oxygens (including phenoxy) is 2. The summed E-state index contributed by atoms with van der Waals surface area (Å²) in [6.07, 6.45) is 21.9. The molecule has 0 amide bonds. The van der Waals surface area contributed by atoms with Crippen LogP contribution >= 0.6 is 0 Å².